The van der Waals surface area contributed by atoms with Crippen LogP contribution in [0.5, 0.6) is 0 Å². The lowest BCUT2D eigenvalue weighted by Gasteiger charge is -2.29. The van der Waals surface area contributed by atoms with Gasteiger partial charge in [-0.15, -0.1) is 6.58 Å². The van der Waals surface area contributed by atoms with Gasteiger partial charge >= 0.3 is 8.80 Å². The second-order valence-electron chi connectivity index (χ2n) is 4.72. The predicted octanol–water partition coefficient (Wildman–Crippen LogP) is 3.51. The standard InChI is InChI=1S/C15H28N2O3Si/c1-5-9-14(15-16-11-12-17-15)10-13-21(18-6-2,19-7-3)20-8-4/h5,11-12,14H,1,6-10,13H2,2-4H3,(H,16,17). The summed E-state index contributed by atoms with van der Waals surface area (Å²) in [5, 5.41) is 0. The first kappa shape index (κ1) is 18.1. The normalized spacial score (nSPS) is 13.3. The molecule has 5 nitrogen and oxygen atoms in total. The monoisotopic (exact) mass is 312 g/mol. The highest BCUT2D eigenvalue weighted by molar-refractivity contribution is 6.60. The summed E-state index contributed by atoms with van der Waals surface area (Å²) in [7, 11) is -2.58. The highest BCUT2D eigenvalue weighted by Crippen LogP contribution is 2.28. The summed E-state index contributed by atoms with van der Waals surface area (Å²) in [6.45, 7) is 11.6. The molecule has 1 atom stereocenters. The first-order valence-electron chi connectivity index (χ1n) is 7.73. The Bertz CT molecular complexity index is 367. The second kappa shape index (κ2) is 9.89. The maximum atomic E-state index is 5.89. The predicted molar refractivity (Wildman–Crippen MR) is 86.2 cm³/mol. The second-order valence-corrected chi connectivity index (χ2v) is 7.45. The van der Waals surface area contributed by atoms with Crippen molar-refractivity contribution in [3.05, 3.63) is 30.9 Å². The van der Waals surface area contributed by atoms with Gasteiger partial charge in [0, 0.05) is 44.2 Å². The van der Waals surface area contributed by atoms with E-state index >= 15 is 0 Å². The van der Waals surface area contributed by atoms with Gasteiger partial charge in [0.05, 0.1) is 0 Å². The summed E-state index contributed by atoms with van der Waals surface area (Å²) < 4.78 is 17.7. The molecule has 0 bridgehead atoms. The van der Waals surface area contributed by atoms with Gasteiger partial charge in [-0.05, 0) is 33.6 Å². The van der Waals surface area contributed by atoms with Gasteiger partial charge in [0.15, 0.2) is 0 Å². The van der Waals surface area contributed by atoms with E-state index in [0.717, 1.165) is 24.7 Å². The molecule has 0 saturated heterocycles. The van der Waals surface area contributed by atoms with Crippen LogP contribution in [0.2, 0.25) is 6.04 Å². The van der Waals surface area contributed by atoms with Gasteiger partial charge in [-0.25, -0.2) is 4.98 Å². The average molecular weight is 312 g/mol. The highest BCUT2D eigenvalue weighted by Gasteiger charge is 2.40. The smallest absolute Gasteiger partial charge is 0.374 e. The third-order valence-electron chi connectivity index (χ3n) is 3.25. The fourth-order valence-electron chi connectivity index (χ4n) is 2.42. The zero-order chi connectivity index (χ0) is 15.6. The van der Waals surface area contributed by atoms with Crippen LogP contribution in [0.25, 0.3) is 0 Å². The topological polar surface area (TPSA) is 56.4 Å². The van der Waals surface area contributed by atoms with Crippen molar-refractivity contribution in [2.45, 2.75) is 45.6 Å². The molecule has 1 aromatic rings. The van der Waals surface area contributed by atoms with Crippen molar-refractivity contribution in [3.8, 4) is 0 Å². The lowest BCUT2D eigenvalue weighted by atomic mass is 10.0. The summed E-state index contributed by atoms with van der Waals surface area (Å²) in [5.41, 5.74) is 0. The van der Waals surface area contributed by atoms with Gasteiger partial charge in [-0.1, -0.05) is 6.08 Å². The molecule has 1 N–H and O–H groups in total. The Kier molecular flexibility index (Phi) is 8.52. The minimum Gasteiger partial charge on any atom is -0.374 e. The minimum absolute atomic E-state index is 0.297. The van der Waals surface area contributed by atoms with Gasteiger partial charge in [0.25, 0.3) is 0 Å². The molecule has 1 rings (SSSR count). The SMILES string of the molecule is C=CCC(CC[Si](OCC)(OCC)OCC)c1ncc[nH]1. The summed E-state index contributed by atoms with van der Waals surface area (Å²) in [6, 6.07) is 0.793. The highest BCUT2D eigenvalue weighted by atomic mass is 28.4. The fraction of sp³-hybridized carbons (Fsp3) is 0.667. The quantitative estimate of drug-likeness (QED) is 0.474. The number of H-pyrrole nitrogens is 1. The third kappa shape index (κ3) is 5.74. The van der Waals surface area contributed by atoms with E-state index in [-0.39, 0.29) is 0 Å². The number of hydrogen-bond acceptors (Lipinski definition) is 4. The van der Waals surface area contributed by atoms with Crippen molar-refractivity contribution < 1.29 is 13.3 Å². The lowest BCUT2D eigenvalue weighted by molar-refractivity contribution is 0.0702. The zero-order valence-corrected chi connectivity index (χ0v) is 14.4. The van der Waals surface area contributed by atoms with E-state index in [0.29, 0.717) is 25.7 Å². The largest absolute Gasteiger partial charge is 0.500 e. The Morgan fingerprint density at radius 3 is 2.29 bits per heavy atom. The van der Waals surface area contributed by atoms with Gasteiger partial charge in [0.2, 0.25) is 0 Å². The molecule has 0 amide bonds. The lowest BCUT2D eigenvalue weighted by Crippen LogP contribution is -2.46. The summed E-state index contributed by atoms with van der Waals surface area (Å²) in [4.78, 5) is 7.55. The first-order valence-corrected chi connectivity index (χ1v) is 9.66. The van der Waals surface area contributed by atoms with Crippen LogP contribution in [-0.2, 0) is 13.3 Å². The van der Waals surface area contributed by atoms with Crippen molar-refractivity contribution in [2.24, 2.45) is 0 Å². The molecule has 1 aromatic heterocycles. The van der Waals surface area contributed by atoms with Gasteiger partial charge in [-0.2, -0.15) is 0 Å². The molecule has 0 fully saturated rings. The van der Waals surface area contributed by atoms with Crippen LogP contribution in [0.1, 0.15) is 45.4 Å². The molecular weight excluding hydrogens is 284 g/mol. The van der Waals surface area contributed by atoms with E-state index in [1.165, 1.54) is 0 Å². The van der Waals surface area contributed by atoms with E-state index in [9.17, 15) is 0 Å². The van der Waals surface area contributed by atoms with Crippen LogP contribution in [0.15, 0.2) is 25.0 Å². The number of allylic oxidation sites excluding steroid dienone is 1. The summed E-state index contributed by atoms with van der Waals surface area (Å²) in [6.07, 6.45) is 7.35. The van der Waals surface area contributed by atoms with Crippen LogP contribution in [-0.4, -0.2) is 38.6 Å². The molecule has 0 aliphatic carbocycles. The van der Waals surface area contributed by atoms with Gasteiger partial charge in [-0.3, -0.25) is 0 Å². The van der Waals surface area contributed by atoms with Crippen molar-refractivity contribution in [1.82, 2.24) is 9.97 Å². The number of nitrogens with one attached hydrogen (secondary N) is 1. The number of rotatable bonds is 12. The number of aromatic amines is 1. The van der Waals surface area contributed by atoms with Crippen LogP contribution in [0, 0.1) is 0 Å². The van der Waals surface area contributed by atoms with Crippen molar-refractivity contribution >= 4 is 8.80 Å². The molecule has 0 aromatic carbocycles. The maximum absolute atomic E-state index is 5.89. The van der Waals surface area contributed by atoms with Gasteiger partial charge < -0.3 is 18.3 Å². The molecule has 21 heavy (non-hydrogen) atoms. The zero-order valence-electron chi connectivity index (χ0n) is 13.4. The summed E-state index contributed by atoms with van der Waals surface area (Å²) >= 11 is 0. The van der Waals surface area contributed by atoms with E-state index in [2.05, 4.69) is 16.5 Å². The number of hydrogen-bond donors (Lipinski definition) is 1. The third-order valence-corrected chi connectivity index (χ3v) is 6.34. The molecule has 0 saturated carbocycles. The Hall–Kier alpha value is -0.953. The van der Waals surface area contributed by atoms with Crippen molar-refractivity contribution in [2.75, 3.05) is 19.8 Å². The molecule has 0 aliphatic heterocycles. The summed E-state index contributed by atoms with van der Waals surface area (Å²) in [5.74, 6) is 1.29. The van der Waals surface area contributed by atoms with E-state index < -0.39 is 8.80 Å². The Labute approximate surface area is 129 Å². The first-order chi connectivity index (χ1) is 10.2. The Morgan fingerprint density at radius 2 is 1.86 bits per heavy atom. The van der Waals surface area contributed by atoms with E-state index in [1.54, 1.807) is 6.20 Å². The van der Waals surface area contributed by atoms with E-state index in [1.807, 2.05) is 33.0 Å². The van der Waals surface area contributed by atoms with E-state index in [4.69, 9.17) is 13.3 Å². The molecule has 1 heterocycles. The Balaban J connectivity index is 2.73. The molecule has 0 aliphatic rings. The fourth-order valence-corrected chi connectivity index (χ4v) is 5.12. The molecule has 1 unspecified atom stereocenters. The number of aromatic nitrogens is 2. The van der Waals surface area contributed by atoms with Gasteiger partial charge in [0.1, 0.15) is 5.82 Å². The van der Waals surface area contributed by atoms with Crippen LogP contribution in [0.4, 0.5) is 0 Å². The number of nitrogens with zero attached hydrogens (tertiary/aromatic N) is 1. The maximum Gasteiger partial charge on any atom is 0.500 e. The molecule has 6 heteroatoms. The molecular formula is C15H28N2O3Si. The molecule has 0 spiro atoms. The Morgan fingerprint density at radius 1 is 1.24 bits per heavy atom. The van der Waals surface area contributed by atoms with Crippen LogP contribution in [0.3, 0.4) is 0 Å². The van der Waals surface area contributed by atoms with Crippen LogP contribution >= 0.6 is 0 Å². The molecule has 120 valence electrons. The molecule has 0 radical (unpaired) electrons. The number of imidazole rings is 1. The van der Waals surface area contributed by atoms with Crippen molar-refractivity contribution in [3.63, 3.8) is 0 Å². The van der Waals surface area contributed by atoms with Crippen LogP contribution < -0.4 is 0 Å². The van der Waals surface area contributed by atoms with Crippen molar-refractivity contribution in [1.29, 1.82) is 0 Å². The average Bonchev–Trinajstić information content (AvgIpc) is 2.98. The minimum atomic E-state index is -2.58.